The molecule has 0 aliphatic rings. The van der Waals surface area contributed by atoms with Gasteiger partial charge in [-0.3, -0.25) is 0 Å². The lowest BCUT2D eigenvalue weighted by molar-refractivity contribution is 0.571. The first-order chi connectivity index (χ1) is 11.3. The van der Waals surface area contributed by atoms with Crippen molar-refractivity contribution >= 4 is 5.69 Å². The summed E-state index contributed by atoms with van der Waals surface area (Å²) >= 11 is 0. The Morgan fingerprint density at radius 1 is 1.25 bits per heavy atom. The Morgan fingerprint density at radius 3 is 2.62 bits per heavy atom. The molecule has 2 heterocycles. The molecular weight excluding hydrogens is 305 g/mol. The van der Waals surface area contributed by atoms with E-state index in [1.54, 1.807) is 18.5 Å². The SMILES string of the molecule is Cc1cnn(-c2ccc(NCc3ncc(C(C)(C)C)[nH]3)cc2F)c1. The molecule has 3 aromatic rings. The van der Waals surface area contributed by atoms with E-state index in [-0.39, 0.29) is 11.2 Å². The molecule has 0 radical (unpaired) electrons. The first-order valence-electron chi connectivity index (χ1n) is 7.92. The van der Waals surface area contributed by atoms with E-state index in [4.69, 9.17) is 0 Å². The van der Waals surface area contributed by atoms with Gasteiger partial charge in [0.05, 0.1) is 12.7 Å². The van der Waals surface area contributed by atoms with E-state index < -0.39 is 0 Å². The largest absolute Gasteiger partial charge is 0.378 e. The molecule has 6 heteroatoms. The fraction of sp³-hybridized carbons (Fsp3) is 0.333. The Kier molecular flexibility index (Phi) is 4.13. The van der Waals surface area contributed by atoms with Crippen LogP contribution in [-0.2, 0) is 12.0 Å². The van der Waals surface area contributed by atoms with Crippen LogP contribution in [0.2, 0.25) is 0 Å². The van der Waals surface area contributed by atoms with Crippen LogP contribution in [0.15, 0.2) is 36.8 Å². The number of hydrogen-bond acceptors (Lipinski definition) is 3. The van der Waals surface area contributed by atoms with Gasteiger partial charge in [-0.1, -0.05) is 20.8 Å². The third kappa shape index (κ3) is 3.48. The van der Waals surface area contributed by atoms with E-state index in [9.17, 15) is 4.39 Å². The van der Waals surface area contributed by atoms with E-state index in [0.717, 1.165) is 17.1 Å². The molecule has 0 atom stereocenters. The number of benzene rings is 1. The van der Waals surface area contributed by atoms with Crippen LogP contribution < -0.4 is 5.32 Å². The molecule has 5 nitrogen and oxygen atoms in total. The van der Waals surface area contributed by atoms with Crippen LogP contribution in [0.25, 0.3) is 5.69 Å². The van der Waals surface area contributed by atoms with Crippen LogP contribution in [0.1, 0.15) is 37.9 Å². The van der Waals surface area contributed by atoms with E-state index in [2.05, 4.69) is 41.2 Å². The summed E-state index contributed by atoms with van der Waals surface area (Å²) in [6, 6.07) is 5.02. The molecule has 0 bridgehead atoms. The second kappa shape index (κ2) is 6.11. The average molecular weight is 327 g/mol. The molecule has 24 heavy (non-hydrogen) atoms. The smallest absolute Gasteiger partial charge is 0.150 e. The number of H-pyrrole nitrogens is 1. The highest BCUT2D eigenvalue weighted by atomic mass is 19.1. The lowest BCUT2D eigenvalue weighted by Crippen LogP contribution is -2.12. The van der Waals surface area contributed by atoms with Crippen LogP contribution in [0, 0.1) is 12.7 Å². The molecule has 0 spiro atoms. The maximum absolute atomic E-state index is 14.3. The zero-order valence-corrected chi connectivity index (χ0v) is 14.4. The Morgan fingerprint density at radius 2 is 2.04 bits per heavy atom. The van der Waals surface area contributed by atoms with Gasteiger partial charge in [0.2, 0.25) is 0 Å². The molecule has 0 amide bonds. The van der Waals surface area contributed by atoms with Gasteiger partial charge in [-0.15, -0.1) is 0 Å². The predicted molar refractivity (Wildman–Crippen MR) is 92.9 cm³/mol. The molecule has 0 aliphatic carbocycles. The highest BCUT2D eigenvalue weighted by Gasteiger charge is 2.16. The first kappa shape index (κ1) is 16.2. The number of anilines is 1. The maximum atomic E-state index is 14.3. The van der Waals surface area contributed by atoms with Gasteiger partial charge in [0.15, 0.2) is 5.82 Å². The summed E-state index contributed by atoms with van der Waals surface area (Å²) in [5, 5.41) is 7.32. The number of nitrogens with one attached hydrogen (secondary N) is 2. The summed E-state index contributed by atoms with van der Waals surface area (Å²) in [5.74, 6) is 0.505. The quantitative estimate of drug-likeness (QED) is 0.763. The minimum atomic E-state index is -0.321. The van der Waals surface area contributed by atoms with Crippen molar-refractivity contribution in [2.45, 2.75) is 39.7 Å². The third-order valence-electron chi connectivity index (χ3n) is 3.80. The maximum Gasteiger partial charge on any atom is 0.150 e. The number of aromatic nitrogens is 4. The summed E-state index contributed by atoms with van der Waals surface area (Å²) in [6.45, 7) is 8.82. The summed E-state index contributed by atoms with van der Waals surface area (Å²) in [4.78, 5) is 7.66. The molecule has 2 N–H and O–H groups in total. The molecule has 0 saturated heterocycles. The lowest BCUT2D eigenvalue weighted by Gasteiger charge is -2.15. The number of halogens is 1. The van der Waals surface area contributed by atoms with Crippen LogP contribution in [-0.4, -0.2) is 19.7 Å². The van der Waals surface area contributed by atoms with Gasteiger partial charge >= 0.3 is 0 Å². The number of imidazole rings is 1. The number of nitrogens with zero attached hydrogens (tertiary/aromatic N) is 3. The predicted octanol–water partition coefficient (Wildman–Crippen LogP) is 3.95. The molecule has 0 aliphatic heterocycles. The van der Waals surface area contributed by atoms with Crippen molar-refractivity contribution in [3.05, 3.63) is 59.7 Å². The fourth-order valence-corrected chi connectivity index (χ4v) is 2.37. The van der Waals surface area contributed by atoms with Gasteiger partial charge in [0.25, 0.3) is 0 Å². The van der Waals surface area contributed by atoms with Gasteiger partial charge in [-0.2, -0.15) is 5.10 Å². The second-order valence-electron chi connectivity index (χ2n) is 6.98. The summed E-state index contributed by atoms with van der Waals surface area (Å²) < 4.78 is 15.8. The second-order valence-corrected chi connectivity index (χ2v) is 6.98. The zero-order chi connectivity index (χ0) is 17.3. The lowest BCUT2D eigenvalue weighted by atomic mass is 9.93. The van der Waals surface area contributed by atoms with Crippen molar-refractivity contribution in [1.29, 1.82) is 0 Å². The minimum absolute atomic E-state index is 0.0287. The zero-order valence-electron chi connectivity index (χ0n) is 14.4. The molecular formula is C18H22FN5. The van der Waals surface area contributed by atoms with Crippen molar-refractivity contribution in [3.63, 3.8) is 0 Å². The third-order valence-corrected chi connectivity index (χ3v) is 3.80. The first-order valence-corrected chi connectivity index (χ1v) is 7.92. The van der Waals surface area contributed by atoms with Gasteiger partial charge in [0.1, 0.15) is 11.5 Å². The van der Waals surface area contributed by atoms with E-state index in [1.165, 1.54) is 10.7 Å². The number of hydrogen-bond donors (Lipinski definition) is 2. The van der Waals surface area contributed by atoms with E-state index in [1.807, 2.05) is 19.2 Å². The van der Waals surface area contributed by atoms with Crippen molar-refractivity contribution in [3.8, 4) is 5.69 Å². The standard InChI is InChI=1S/C18H22FN5/c1-12-8-22-24(11-12)15-6-5-13(7-14(15)19)20-10-17-21-9-16(23-17)18(2,3)4/h5-9,11,20H,10H2,1-4H3,(H,21,23). The Bertz CT molecular complexity index is 841. The highest BCUT2D eigenvalue weighted by Crippen LogP contribution is 2.21. The number of aryl methyl sites for hydroxylation is 1. The van der Waals surface area contributed by atoms with Gasteiger partial charge in [-0.05, 0) is 30.7 Å². The molecule has 1 aromatic carbocycles. The number of rotatable bonds is 4. The van der Waals surface area contributed by atoms with Crippen molar-refractivity contribution in [2.75, 3.05) is 5.32 Å². The molecule has 0 unspecified atom stereocenters. The molecule has 0 saturated carbocycles. The molecule has 3 rings (SSSR count). The fourth-order valence-electron chi connectivity index (χ4n) is 2.37. The Balaban J connectivity index is 1.70. The Hall–Kier alpha value is -2.63. The summed E-state index contributed by atoms with van der Waals surface area (Å²) in [7, 11) is 0. The van der Waals surface area contributed by atoms with Gasteiger partial charge < -0.3 is 10.3 Å². The molecule has 126 valence electrons. The minimum Gasteiger partial charge on any atom is -0.378 e. The van der Waals surface area contributed by atoms with E-state index >= 15 is 0 Å². The van der Waals surface area contributed by atoms with Crippen LogP contribution in [0.5, 0.6) is 0 Å². The van der Waals surface area contributed by atoms with Crippen LogP contribution in [0.3, 0.4) is 0 Å². The highest BCUT2D eigenvalue weighted by molar-refractivity contribution is 5.49. The van der Waals surface area contributed by atoms with Crippen LogP contribution >= 0.6 is 0 Å². The summed E-state index contributed by atoms with van der Waals surface area (Å²) in [5.41, 5.74) is 3.23. The van der Waals surface area contributed by atoms with Crippen molar-refractivity contribution < 1.29 is 4.39 Å². The average Bonchev–Trinajstić information content (AvgIpc) is 3.14. The van der Waals surface area contributed by atoms with Gasteiger partial charge in [0, 0.05) is 29.2 Å². The monoisotopic (exact) mass is 327 g/mol. The van der Waals surface area contributed by atoms with Gasteiger partial charge in [-0.25, -0.2) is 14.1 Å². The van der Waals surface area contributed by atoms with Crippen molar-refractivity contribution in [2.24, 2.45) is 0 Å². The number of aromatic amines is 1. The van der Waals surface area contributed by atoms with Crippen molar-refractivity contribution in [1.82, 2.24) is 19.7 Å². The van der Waals surface area contributed by atoms with E-state index in [0.29, 0.717) is 17.9 Å². The topological polar surface area (TPSA) is 58.5 Å². The van der Waals surface area contributed by atoms with Crippen LogP contribution in [0.4, 0.5) is 10.1 Å². The summed E-state index contributed by atoms with van der Waals surface area (Å²) in [6.07, 6.45) is 5.35. The molecule has 2 aromatic heterocycles. The molecule has 0 fully saturated rings. The normalized spacial score (nSPS) is 11.7. The Labute approximate surface area is 140 Å².